The second kappa shape index (κ2) is 19.8. The first-order valence-corrected chi connectivity index (χ1v) is 19.9. The van der Waals surface area contributed by atoms with E-state index in [0.29, 0.717) is 49.4 Å². The minimum atomic E-state index is -0.268. The molecule has 0 aliphatic heterocycles. The Morgan fingerprint density at radius 2 is 0.904 bits per heavy atom. The van der Waals surface area contributed by atoms with Gasteiger partial charge in [-0.25, -0.2) is 0 Å². The molecule has 290 valence electrons. The highest BCUT2D eigenvalue weighted by molar-refractivity contribution is 5.70. The highest BCUT2D eigenvalue weighted by atomic mass is 16.6. The monoisotopic (exact) mass is 722 g/mol. The molecule has 8 nitrogen and oxygen atoms in total. The Morgan fingerprint density at radius 3 is 1.25 bits per heavy atom. The second-order valence-corrected chi connectivity index (χ2v) is 17.0. The van der Waals surface area contributed by atoms with Crippen LogP contribution in [0.5, 0.6) is 11.5 Å². The van der Waals surface area contributed by atoms with Gasteiger partial charge >= 0.3 is 11.9 Å². The number of phenolic OH excluding ortho intramolecular Hbond substituents is 2. The van der Waals surface area contributed by atoms with Crippen molar-refractivity contribution in [3.8, 4) is 11.5 Å². The van der Waals surface area contributed by atoms with Gasteiger partial charge in [-0.2, -0.15) is 0 Å². The van der Waals surface area contributed by atoms with E-state index < -0.39 is 0 Å². The Balaban J connectivity index is 1.08. The van der Waals surface area contributed by atoms with Gasteiger partial charge in [0, 0.05) is 12.8 Å². The first-order valence-electron chi connectivity index (χ1n) is 19.9. The number of hydrogen-bond donors (Lipinski definition) is 2. The van der Waals surface area contributed by atoms with E-state index in [9.17, 15) is 19.8 Å². The average molecular weight is 723 g/mol. The van der Waals surface area contributed by atoms with Gasteiger partial charge in [-0.05, 0) is 94.6 Å². The van der Waals surface area contributed by atoms with Crippen LogP contribution in [0.4, 0.5) is 0 Å². The van der Waals surface area contributed by atoms with E-state index in [-0.39, 0.29) is 62.0 Å². The number of esters is 2. The molecule has 2 aliphatic rings. The standard InChI is InChI=1S/C44H66O8/c1-43(2,3)37-29-31(27-35(41(37)47)33-13-9-7-10-14-33)17-19-39(45)51-25-23-49-21-22-50-24-26-52-40(46)20-18-32-28-36(34-15-11-8-12-16-34)42(48)38(30-32)44(4,5)6/h27-30,33-34,47-48H,7-26H2,1-6H3. The van der Waals surface area contributed by atoms with E-state index in [1.54, 1.807) is 0 Å². The number of aryl methyl sites for hydroxylation is 2. The fourth-order valence-electron chi connectivity index (χ4n) is 7.71. The molecule has 2 N–H and O–H groups in total. The number of rotatable bonds is 17. The summed E-state index contributed by atoms with van der Waals surface area (Å²) in [6.45, 7) is 14.3. The van der Waals surface area contributed by atoms with Crippen molar-refractivity contribution in [1.29, 1.82) is 0 Å². The van der Waals surface area contributed by atoms with Crippen molar-refractivity contribution in [3.05, 3.63) is 57.6 Å². The van der Waals surface area contributed by atoms with Crippen LogP contribution in [0.2, 0.25) is 0 Å². The van der Waals surface area contributed by atoms with E-state index in [0.717, 1.165) is 59.1 Å². The molecule has 2 fully saturated rings. The minimum Gasteiger partial charge on any atom is -0.507 e. The van der Waals surface area contributed by atoms with E-state index in [4.69, 9.17) is 18.9 Å². The number of phenols is 2. The minimum absolute atomic E-state index is 0.174. The summed E-state index contributed by atoms with van der Waals surface area (Å²) in [6.07, 6.45) is 13.4. The van der Waals surface area contributed by atoms with Gasteiger partial charge in [0.15, 0.2) is 0 Å². The van der Waals surface area contributed by atoms with Crippen LogP contribution in [0.3, 0.4) is 0 Å². The third-order valence-corrected chi connectivity index (χ3v) is 10.7. The van der Waals surface area contributed by atoms with Crippen molar-refractivity contribution >= 4 is 11.9 Å². The summed E-state index contributed by atoms with van der Waals surface area (Å²) in [5, 5.41) is 22.3. The zero-order valence-corrected chi connectivity index (χ0v) is 33.0. The molecule has 0 saturated heterocycles. The molecule has 0 amide bonds. The first-order chi connectivity index (χ1) is 24.7. The third-order valence-electron chi connectivity index (χ3n) is 10.7. The lowest BCUT2D eigenvalue weighted by Crippen LogP contribution is -2.16. The number of ether oxygens (including phenoxy) is 4. The van der Waals surface area contributed by atoms with Crippen LogP contribution in [0.15, 0.2) is 24.3 Å². The summed E-state index contributed by atoms with van der Waals surface area (Å²) in [6, 6.07) is 8.30. The molecule has 4 rings (SSSR count). The molecule has 0 unspecified atom stereocenters. The lowest BCUT2D eigenvalue weighted by atomic mass is 9.78. The lowest BCUT2D eigenvalue weighted by molar-refractivity contribution is -0.146. The third kappa shape index (κ3) is 12.8. The molecule has 0 heterocycles. The molecular formula is C44H66O8. The Bertz CT molecular complexity index is 1330. The van der Waals surface area contributed by atoms with E-state index >= 15 is 0 Å². The number of aromatic hydroxyl groups is 2. The maximum absolute atomic E-state index is 12.5. The summed E-state index contributed by atoms with van der Waals surface area (Å²) >= 11 is 0. The maximum atomic E-state index is 12.5. The molecule has 0 aromatic heterocycles. The van der Waals surface area contributed by atoms with Crippen molar-refractivity contribution in [3.63, 3.8) is 0 Å². The zero-order chi connectivity index (χ0) is 37.7. The van der Waals surface area contributed by atoms with E-state index in [1.165, 1.54) is 38.5 Å². The Labute approximate surface area is 313 Å². The summed E-state index contributed by atoms with van der Waals surface area (Å²) in [4.78, 5) is 25.0. The van der Waals surface area contributed by atoms with Gasteiger partial charge in [0.2, 0.25) is 0 Å². The number of benzene rings is 2. The summed E-state index contributed by atoms with van der Waals surface area (Å²) < 4.78 is 21.9. The summed E-state index contributed by atoms with van der Waals surface area (Å²) in [5.74, 6) is 1.07. The van der Waals surface area contributed by atoms with Crippen molar-refractivity contribution in [2.75, 3.05) is 39.6 Å². The van der Waals surface area contributed by atoms with Crippen molar-refractivity contribution in [2.45, 2.75) is 154 Å². The van der Waals surface area contributed by atoms with Crippen LogP contribution < -0.4 is 0 Å². The van der Waals surface area contributed by atoms with Crippen molar-refractivity contribution < 1.29 is 38.7 Å². The molecule has 2 aromatic rings. The quantitative estimate of drug-likeness (QED) is 0.123. The Kier molecular flexibility index (Phi) is 15.9. The van der Waals surface area contributed by atoms with Crippen LogP contribution in [0, 0.1) is 0 Å². The van der Waals surface area contributed by atoms with E-state index in [1.807, 2.05) is 12.1 Å². The Morgan fingerprint density at radius 1 is 0.558 bits per heavy atom. The highest BCUT2D eigenvalue weighted by Gasteiger charge is 2.28. The van der Waals surface area contributed by atoms with Crippen LogP contribution in [0.1, 0.15) is 164 Å². The van der Waals surface area contributed by atoms with Crippen LogP contribution in [-0.2, 0) is 52.2 Å². The number of carbonyl (C=O) groups excluding carboxylic acids is 2. The lowest BCUT2D eigenvalue weighted by Gasteiger charge is -2.28. The topological polar surface area (TPSA) is 112 Å². The molecule has 52 heavy (non-hydrogen) atoms. The normalized spacial score (nSPS) is 16.2. The molecule has 2 saturated carbocycles. The van der Waals surface area contributed by atoms with Gasteiger partial charge in [0.1, 0.15) is 24.7 Å². The summed E-state index contributed by atoms with van der Waals surface area (Å²) in [7, 11) is 0. The average Bonchev–Trinajstić information content (AvgIpc) is 3.11. The molecule has 0 spiro atoms. The van der Waals surface area contributed by atoms with Gasteiger partial charge in [-0.3, -0.25) is 9.59 Å². The predicted molar refractivity (Wildman–Crippen MR) is 205 cm³/mol. The summed E-state index contributed by atoms with van der Waals surface area (Å²) in [5.41, 5.74) is 5.69. The predicted octanol–water partition coefficient (Wildman–Crippen LogP) is 9.47. The second-order valence-electron chi connectivity index (χ2n) is 17.0. The van der Waals surface area contributed by atoms with Crippen molar-refractivity contribution in [2.24, 2.45) is 0 Å². The fraction of sp³-hybridized carbons (Fsp3) is 0.682. The van der Waals surface area contributed by atoms with Gasteiger partial charge in [-0.15, -0.1) is 0 Å². The van der Waals surface area contributed by atoms with Gasteiger partial charge < -0.3 is 29.2 Å². The van der Waals surface area contributed by atoms with Gasteiger partial charge in [0.05, 0.1) is 26.4 Å². The molecular weight excluding hydrogens is 656 g/mol. The number of hydrogen-bond acceptors (Lipinski definition) is 8. The highest BCUT2D eigenvalue weighted by Crippen LogP contribution is 2.44. The maximum Gasteiger partial charge on any atom is 0.306 e. The van der Waals surface area contributed by atoms with Crippen molar-refractivity contribution in [1.82, 2.24) is 0 Å². The molecule has 2 aliphatic carbocycles. The SMILES string of the molecule is CC(C)(C)c1cc(CCC(=O)OCCOCCOCCOC(=O)CCc2cc(C3CCCCC3)c(O)c(C(C)(C)C)c2)cc(C2CCCCC2)c1O. The largest absolute Gasteiger partial charge is 0.507 e. The van der Waals surface area contributed by atoms with Gasteiger partial charge in [-0.1, -0.05) is 104 Å². The molecule has 8 heteroatoms. The zero-order valence-electron chi connectivity index (χ0n) is 33.0. The molecule has 0 bridgehead atoms. The molecule has 2 aromatic carbocycles. The number of carbonyl (C=O) groups is 2. The smallest absolute Gasteiger partial charge is 0.306 e. The van der Waals surface area contributed by atoms with E-state index in [2.05, 4.69) is 53.7 Å². The van der Waals surface area contributed by atoms with Gasteiger partial charge in [0.25, 0.3) is 0 Å². The Hall–Kier alpha value is -3.10. The molecule has 0 atom stereocenters. The van der Waals surface area contributed by atoms with Crippen LogP contribution in [0.25, 0.3) is 0 Å². The van der Waals surface area contributed by atoms with Crippen LogP contribution in [-0.4, -0.2) is 61.8 Å². The first kappa shape index (κ1) is 41.7. The fourth-order valence-corrected chi connectivity index (χ4v) is 7.71. The molecule has 0 radical (unpaired) electrons. The van der Waals surface area contributed by atoms with Crippen LogP contribution >= 0.6 is 0 Å².